The number of aryl methyl sites for hydroxylation is 1. The topological polar surface area (TPSA) is 58.7 Å². The van der Waals surface area contributed by atoms with Crippen LogP contribution in [0.2, 0.25) is 0 Å². The van der Waals surface area contributed by atoms with Crippen molar-refractivity contribution in [2.45, 2.75) is 58.2 Å². The third-order valence-corrected chi connectivity index (χ3v) is 6.57. The lowest BCUT2D eigenvalue weighted by Gasteiger charge is -2.18. The van der Waals surface area contributed by atoms with E-state index in [0.717, 1.165) is 35.9 Å². The van der Waals surface area contributed by atoms with Gasteiger partial charge < -0.3 is 0 Å². The maximum Gasteiger partial charge on any atom is 0.263 e. The molecule has 3 rings (SSSR count). The molecular weight excluding hydrogens is 338 g/mol. The number of nitriles is 1. The van der Waals surface area contributed by atoms with Gasteiger partial charge >= 0.3 is 0 Å². The van der Waals surface area contributed by atoms with E-state index < -0.39 is 0 Å². The smallest absolute Gasteiger partial charge is 0.263 e. The van der Waals surface area contributed by atoms with Crippen LogP contribution >= 0.6 is 23.1 Å². The number of nitrogens with zero attached hydrogens (tertiary/aromatic N) is 3. The van der Waals surface area contributed by atoms with Crippen LogP contribution in [0.15, 0.2) is 9.95 Å². The van der Waals surface area contributed by atoms with Gasteiger partial charge in [0.25, 0.3) is 5.56 Å². The molecule has 0 bridgehead atoms. The van der Waals surface area contributed by atoms with Crippen LogP contribution in [0, 0.1) is 23.2 Å². The molecule has 0 amide bonds. The molecule has 1 aliphatic rings. The standard InChI is InChI=1S/C18H23N3OS2/c1-11(2)6-8-21-17(22)15-13-5-4-12(3)10-14(13)24-16(15)20-18(21)23-9-7-19/h11-12H,4-6,8-10H2,1-3H3/t12-/m0/s1. The summed E-state index contributed by atoms with van der Waals surface area (Å²) < 4.78 is 1.80. The molecule has 0 radical (unpaired) electrons. The van der Waals surface area contributed by atoms with Gasteiger partial charge in [-0.1, -0.05) is 32.5 Å². The van der Waals surface area contributed by atoms with Gasteiger partial charge in [0, 0.05) is 11.4 Å². The van der Waals surface area contributed by atoms with Gasteiger partial charge in [0.15, 0.2) is 5.16 Å². The summed E-state index contributed by atoms with van der Waals surface area (Å²) in [6.07, 6.45) is 4.14. The van der Waals surface area contributed by atoms with E-state index in [0.29, 0.717) is 29.3 Å². The minimum absolute atomic E-state index is 0.0909. The minimum Gasteiger partial charge on any atom is -0.287 e. The molecule has 2 heterocycles. The molecule has 0 saturated carbocycles. The SMILES string of the molecule is CC(C)CCn1c(SCC#N)nc2sc3c(c2c1=O)CC[C@H](C)C3. The molecule has 0 saturated heterocycles. The van der Waals surface area contributed by atoms with Gasteiger partial charge in [0.05, 0.1) is 17.2 Å². The van der Waals surface area contributed by atoms with Crippen molar-refractivity contribution >= 4 is 33.3 Å². The van der Waals surface area contributed by atoms with Crippen molar-refractivity contribution in [2.75, 3.05) is 5.75 Å². The number of thiophene rings is 1. The Balaban J connectivity index is 2.13. The predicted molar refractivity (Wildman–Crippen MR) is 101 cm³/mol. The summed E-state index contributed by atoms with van der Waals surface area (Å²) >= 11 is 3.05. The molecule has 0 fully saturated rings. The molecule has 4 nitrogen and oxygen atoms in total. The fraction of sp³-hybridized carbons (Fsp3) is 0.611. The molecule has 0 spiro atoms. The second-order valence-corrected chi connectivity index (χ2v) is 9.04. The van der Waals surface area contributed by atoms with Crippen LogP contribution in [-0.2, 0) is 19.4 Å². The molecule has 2 aromatic rings. The van der Waals surface area contributed by atoms with Crippen LogP contribution in [0.4, 0.5) is 0 Å². The Morgan fingerprint density at radius 1 is 1.50 bits per heavy atom. The zero-order valence-electron chi connectivity index (χ0n) is 14.5. The van der Waals surface area contributed by atoms with E-state index >= 15 is 0 Å². The minimum atomic E-state index is 0.0909. The van der Waals surface area contributed by atoms with Crippen molar-refractivity contribution in [3.8, 4) is 6.07 Å². The van der Waals surface area contributed by atoms with Crippen molar-refractivity contribution < 1.29 is 0 Å². The van der Waals surface area contributed by atoms with Crippen LogP contribution in [0.3, 0.4) is 0 Å². The number of rotatable bonds is 5. The van der Waals surface area contributed by atoms with Gasteiger partial charge in [-0.25, -0.2) is 4.98 Å². The first-order valence-corrected chi connectivity index (χ1v) is 10.4. The average molecular weight is 362 g/mol. The van der Waals surface area contributed by atoms with Gasteiger partial charge in [0.2, 0.25) is 0 Å². The molecule has 1 aliphatic carbocycles. The molecule has 0 aliphatic heterocycles. The van der Waals surface area contributed by atoms with Gasteiger partial charge in [-0.2, -0.15) is 5.26 Å². The largest absolute Gasteiger partial charge is 0.287 e. The summed E-state index contributed by atoms with van der Waals surface area (Å²) in [7, 11) is 0. The second kappa shape index (κ2) is 7.28. The molecule has 0 N–H and O–H groups in total. The maximum atomic E-state index is 13.2. The maximum absolute atomic E-state index is 13.2. The zero-order chi connectivity index (χ0) is 17.3. The fourth-order valence-corrected chi connectivity index (χ4v) is 5.31. The highest BCUT2D eigenvalue weighted by Crippen LogP contribution is 2.36. The summed E-state index contributed by atoms with van der Waals surface area (Å²) in [6, 6.07) is 2.14. The van der Waals surface area contributed by atoms with Crippen LogP contribution in [0.5, 0.6) is 0 Å². The van der Waals surface area contributed by atoms with Crippen LogP contribution in [0.1, 0.15) is 44.1 Å². The van der Waals surface area contributed by atoms with Crippen molar-refractivity contribution in [1.82, 2.24) is 9.55 Å². The molecule has 0 unspecified atom stereocenters. The van der Waals surface area contributed by atoms with Crippen molar-refractivity contribution in [2.24, 2.45) is 11.8 Å². The lowest BCUT2D eigenvalue weighted by Crippen LogP contribution is -2.24. The first kappa shape index (κ1) is 17.5. The molecule has 6 heteroatoms. The van der Waals surface area contributed by atoms with E-state index in [1.807, 2.05) is 0 Å². The lowest BCUT2D eigenvalue weighted by atomic mass is 9.89. The molecule has 1 atom stereocenters. The Morgan fingerprint density at radius 2 is 2.29 bits per heavy atom. The van der Waals surface area contributed by atoms with Gasteiger partial charge in [-0.15, -0.1) is 11.3 Å². The highest BCUT2D eigenvalue weighted by atomic mass is 32.2. The molecule has 24 heavy (non-hydrogen) atoms. The van der Waals surface area contributed by atoms with E-state index in [4.69, 9.17) is 10.2 Å². The number of aromatic nitrogens is 2. The first-order chi connectivity index (χ1) is 11.5. The van der Waals surface area contributed by atoms with Gasteiger partial charge in [-0.05, 0) is 43.1 Å². The van der Waals surface area contributed by atoms with E-state index in [2.05, 4.69) is 26.8 Å². The zero-order valence-corrected chi connectivity index (χ0v) is 16.1. The fourth-order valence-electron chi connectivity index (χ4n) is 3.20. The highest BCUT2D eigenvalue weighted by molar-refractivity contribution is 7.99. The second-order valence-electron chi connectivity index (χ2n) is 7.01. The highest BCUT2D eigenvalue weighted by Gasteiger charge is 2.24. The number of thioether (sulfide) groups is 1. The lowest BCUT2D eigenvalue weighted by molar-refractivity contribution is 0.480. The summed E-state index contributed by atoms with van der Waals surface area (Å²) in [5.41, 5.74) is 1.33. The van der Waals surface area contributed by atoms with Crippen molar-refractivity contribution in [1.29, 1.82) is 5.26 Å². The molecular formula is C18H23N3OS2. The normalized spacial score (nSPS) is 17.2. The molecule has 0 aromatic carbocycles. The summed E-state index contributed by atoms with van der Waals surface area (Å²) in [5, 5.41) is 10.4. The summed E-state index contributed by atoms with van der Waals surface area (Å²) in [4.78, 5) is 20.1. The Bertz CT molecular complexity index is 845. The third kappa shape index (κ3) is 3.38. The summed E-state index contributed by atoms with van der Waals surface area (Å²) in [6.45, 7) is 7.27. The van der Waals surface area contributed by atoms with Crippen molar-refractivity contribution in [3.63, 3.8) is 0 Å². The van der Waals surface area contributed by atoms with Gasteiger partial charge in [-0.3, -0.25) is 9.36 Å². The average Bonchev–Trinajstić information content (AvgIpc) is 2.89. The Hall–Kier alpha value is -1.32. The van der Waals surface area contributed by atoms with Crippen molar-refractivity contribution in [3.05, 3.63) is 20.8 Å². The molecule has 2 aromatic heterocycles. The third-order valence-electron chi connectivity index (χ3n) is 4.58. The number of hydrogen-bond donors (Lipinski definition) is 0. The van der Waals surface area contributed by atoms with E-state index in [1.54, 1.807) is 15.9 Å². The number of hydrogen-bond acceptors (Lipinski definition) is 5. The van der Waals surface area contributed by atoms with Crippen LogP contribution in [-0.4, -0.2) is 15.3 Å². The quantitative estimate of drug-likeness (QED) is 0.590. The molecule has 128 valence electrons. The van der Waals surface area contributed by atoms with E-state index in [1.165, 1.54) is 22.2 Å². The van der Waals surface area contributed by atoms with Crippen LogP contribution < -0.4 is 5.56 Å². The first-order valence-electron chi connectivity index (χ1n) is 8.56. The Morgan fingerprint density at radius 3 is 3.00 bits per heavy atom. The van der Waals surface area contributed by atoms with Crippen LogP contribution in [0.25, 0.3) is 10.2 Å². The van der Waals surface area contributed by atoms with E-state index in [9.17, 15) is 4.79 Å². The Kier molecular flexibility index (Phi) is 5.31. The van der Waals surface area contributed by atoms with E-state index in [-0.39, 0.29) is 5.56 Å². The Labute approximate surface area is 150 Å². The van der Waals surface area contributed by atoms with Gasteiger partial charge in [0.1, 0.15) is 4.83 Å². The predicted octanol–water partition coefficient (Wildman–Crippen LogP) is 4.24. The monoisotopic (exact) mass is 361 g/mol. The number of fused-ring (bicyclic) bond motifs is 3. The summed E-state index contributed by atoms with van der Waals surface area (Å²) in [5.74, 6) is 1.53.